The summed E-state index contributed by atoms with van der Waals surface area (Å²) in [6.45, 7) is 10.1. The molecule has 0 amide bonds. The van der Waals surface area contributed by atoms with Gasteiger partial charge < -0.3 is 23.3 Å². The van der Waals surface area contributed by atoms with Crippen LogP contribution in [-0.2, 0) is 27.6 Å². The quantitative estimate of drug-likeness (QED) is 0.208. The van der Waals surface area contributed by atoms with E-state index < -0.39 is 20.6 Å². The maximum atomic E-state index is 11.5. The van der Waals surface area contributed by atoms with Crippen LogP contribution in [0.2, 0.25) is 6.04 Å². The maximum Gasteiger partial charge on any atom is 0.500 e. The average molecular weight is 350 g/mol. The summed E-state index contributed by atoms with van der Waals surface area (Å²) in [7, 11) is -2.63. The highest BCUT2D eigenvalue weighted by atomic mass is 28.4. The van der Waals surface area contributed by atoms with Crippen LogP contribution in [-0.4, -0.2) is 60.1 Å². The number of nitrogens with one attached hydrogen (secondary N) is 1. The van der Waals surface area contributed by atoms with Gasteiger partial charge in [-0.25, -0.2) is 4.79 Å². The Morgan fingerprint density at radius 1 is 0.957 bits per heavy atom. The molecule has 0 radical (unpaired) electrons. The molecule has 0 aromatic heterocycles. The molecule has 0 heterocycles. The first-order chi connectivity index (χ1) is 11.0. The third-order valence-electron chi connectivity index (χ3n) is 2.88. The van der Waals surface area contributed by atoms with Crippen molar-refractivity contribution in [1.82, 2.24) is 5.32 Å². The minimum atomic E-state index is -2.63. The Hall–Kier alpha value is -0.803. The van der Waals surface area contributed by atoms with Gasteiger partial charge in [0, 0.05) is 25.9 Å². The summed E-state index contributed by atoms with van der Waals surface area (Å²) in [4.78, 5) is 22.8. The highest BCUT2D eigenvalue weighted by Gasteiger charge is 2.39. The molecule has 8 heteroatoms. The van der Waals surface area contributed by atoms with Crippen LogP contribution in [0.25, 0.3) is 0 Å². The van der Waals surface area contributed by atoms with Crippen molar-refractivity contribution in [3.05, 3.63) is 0 Å². The summed E-state index contributed by atoms with van der Waals surface area (Å²) in [6, 6.07) is 0.671. The van der Waals surface area contributed by atoms with E-state index in [1.165, 1.54) is 0 Å². The van der Waals surface area contributed by atoms with Crippen LogP contribution in [0.5, 0.6) is 0 Å². The lowest BCUT2D eigenvalue weighted by Crippen LogP contribution is -2.46. The van der Waals surface area contributed by atoms with E-state index in [1.54, 1.807) is 0 Å². The monoisotopic (exact) mass is 349 g/mol. The highest BCUT2D eigenvalue weighted by Crippen LogP contribution is 2.17. The predicted molar refractivity (Wildman–Crippen MR) is 89.2 cm³/mol. The number of carbonyl (C=O) groups excluding carboxylic acids is 2. The van der Waals surface area contributed by atoms with Crippen molar-refractivity contribution in [2.45, 2.75) is 46.6 Å². The van der Waals surface area contributed by atoms with Crippen molar-refractivity contribution >= 4 is 20.6 Å². The van der Waals surface area contributed by atoms with Crippen LogP contribution in [0.1, 0.15) is 40.5 Å². The van der Waals surface area contributed by atoms with Gasteiger partial charge in [0.25, 0.3) is 5.78 Å². The number of rotatable bonds is 15. The van der Waals surface area contributed by atoms with Crippen molar-refractivity contribution in [2.24, 2.45) is 0 Å². The molecule has 23 heavy (non-hydrogen) atoms. The number of esters is 1. The Bertz CT molecular complexity index is 323. The van der Waals surface area contributed by atoms with Crippen LogP contribution in [0, 0.1) is 0 Å². The summed E-state index contributed by atoms with van der Waals surface area (Å²) in [5.41, 5.74) is 0. The van der Waals surface area contributed by atoms with Crippen LogP contribution in [0.15, 0.2) is 0 Å². The molecule has 0 bridgehead atoms. The topological polar surface area (TPSA) is 83.1 Å². The molecule has 0 spiro atoms. The van der Waals surface area contributed by atoms with E-state index in [9.17, 15) is 9.59 Å². The van der Waals surface area contributed by atoms with Gasteiger partial charge in [0.1, 0.15) is 0 Å². The average Bonchev–Trinajstić information content (AvgIpc) is 2.52. The maximum absolute atomic E-state index is 11.5. The number of hydrogen-bond acceptors (Lipinski definition) is 7. The molecule has 1 N–H and O–H groups in total. The van der Waals surface area contributed by atoms with E-state index in [0.29, 0.717) is 38.8 Å². The van der Waals surface area contributed by atoms with Gasteiger partial charge in [-0.1, -0.05) is 6.92 Å². The Morgan fingerprint density at radius 2 is 1.52 bits per heavy atom. The highest BCUT2D eigenvalue weighted by molar-refractivity contribution is 6.60. The van der Waals surface area contributed by atoms with Crippen LogP contribution >= 0.6 is 0 Å². The molecular weight excluding hydrogens is 318 g/mol. The molecule has 7 nitrogen and oxygen atoms in total. The zero-order valence-corrected chi connectivity index (χ0v) is 15.8. The molecule has 0 saturated carbocycles. The third kappa shape index (κ3) is 9.82. The molecule has 0 fully saturated rings. The van der Waals surface area contributed by atoms with Crippen molar-refractivity contribution < 1.29 is 27.6 Å². The number of ether oxygens (including phenoxy) is 1. The Labute approximate surface area is 140 Å². The molecule has 0 aliphatic heterocycles. The van der Waals surface area contributed by atoms with Crippen LogP contribution < -0.4 is 5.32 Å². The van der Waals surface area contributed by atoms with Gasteiger partial charge in [0.15, 0.2) is 0 Å². The van der Waals surface area contributed by atoms with Crippen LogP contribution in [0.4, 0.5) is 0 Å². The predicted octanol–water partition coefficient (Wildman–Crippen LogP) is 1.54. The minimum Gasteiger partial charge on any atom is -0.460 e. The SMILES string of the molecule is CCCOC(=O)C(=O)CNCCC[Si](OCC)(OCC)OCC. The van der Waals surface area contributed by atoms with Gasteiger partial charge in [0.2, 0.25) is 0 Å². The van der Waals surface area contributed by atoms with Gasteiger partial charge in [0.05, 0.1) is 13.2 Å². The summed E-state index contributed by atoms with van der Waals surface area (Å²) in [6.07, 6.45) is 1.44. The molecule has 0 aliphatic rings. The fourth-order valence-electron chi connectivity index (χ4n) is 1.98. The van der Waals surface area contributed by atoms with Crippen molar-refractivity contribution in [1.29, 1.82) is 0 Å². The Morgan fingerprint density at radius 3 is 2.00 bits per heavy atom. The van der Waals surface area contributed by atoms with E-state index in [4.69, 9.17) is 18.0 Å². The number of carbonyl (C=O) groups is 2. The Balaban J connectivity index is 4.10. The fraction of sp³-hybridized carbons (Fsp3) is 0.867. The molecule has 0 saturated heterocycles. The standard InChI is InChI=1S/C15H31NO6Si/c1-5-11-19-15(18)14(17)13-16-10-9-12-23(20-6-2,21-7-3)22-8-4/h16H,5-13H2,1-4H3. The van der Waals surface area contributed by atoms with E-state index in [2.05, 4.69) is 5.32 Å². The second-order valence-electron chi connectivity index (χ2n) is 4.82. The molecule has 0 unspecified atom stereocenters. The summed E-state index contributed by atoms with van der Waals surface area (Å²) < 4.78 is 22.0. The second-order valence-corrected chi connectivity index (χ2v) is 7.55. The smallest absolute Gasteiger partial charge is 0.460 e. The first-order valence-electron chi connectivity index (χ1n) is 8.37. The molecule has 0 aromatic rings. The minimum absolute atomic E-state index is 0.0188. The van der Waals surface area contributed by atoms with Crippen molar-refractivity contribution in [2.75, 3.05) is 39.5 Å². The van der Waals surface area contributed by atoms with Gasteiger partial charge in [-0.3, -0.25) is 4.79 Å². The molecule has 0 aromatic carbocycles. The van der Waals surface area contributed by atoms with E-state index in [0.717, 1.165) is 6.42 Å². The first kappa shape index (κ1) is 22.2. The second kappa shape index (κ2) is 13.6. The molecule has 0 atom stereocenters. The molecule has 0 aliphatic carbocycles. The number of hydrogen-bond donors (Lipinski definition) is 1. The van der Waals surface area contributed by atoms with E-state index in [1.807, 2.05) is 27.7 Å². The summed E-state index contributed by atoms with van der Waals surface area (Å²) >= 11 is 0. The number of ketones is 1. The first-order valence-corrected chi connectivity index (χ1v) is 10.3. The normalized spacial score (nSPS) is 11.5. The molecule has 0 rings (SSSR count). The van der Waals surface area contributed by atoms with E-state index >= 15 is 0 Å². The number of Topliss-reactive ketones (excluding diaryl/α,β-unsaturated/α-hetero) is 1. The van der Waals surface area contributed by atoms with E-state index in [-0.39, 0.29) is 13.2 Å². The van der Waals surface area contributed by atoms with Crippen molar-refractivity contribution in [3.63, 3.8) is 0 Å². The van der Waals surface area contributed by atoms with Gasteiger partial charge in [-0.2, -0.15) is 0 Å². The van der Waals surface area contributed by atoms with Gasteiger partial charge >= 0.3 is 14.8 Å². The third-order valence-corrected chi connectivity index (χ3v) is 6.03. The van der Waals surface area contributed by atoms with Crippen LogP contribution in [0.3, 0.4) is 0 Å². The zero-order valence-electron chi connectivity index (χ0n) is 14.8. The van der Waals surface area contributed by atoms with Gasteiger partial charge in [-0.15, -0.1) is 0 Å². The lowest BCUT2D eigenvalue weighted by Gasteiger charge is -2.28. The lowest BCUT2D eigenvalue weighted by atomic mass is 10.4. The fourth-order valence-corrected chi connectivity index (χ4v) is 4.59. The summed E-state index contributed by atoms with van der Waals surface area (Å²) in [5, 5.41) is 2.95. The molecule has 136 valence electrons. The largest absolute Gasteiger partial charge is 0.500 e. The van der Waals surface area contributed by atoms with Gasteiger partial charge in [-0.05, 0) is 40.2 Å². The Kier molecular flexibility index (Phi) is 13.1. The zero-order chi connectivity index (χ0) is 17.6. The van der Waals surface area contributed by atoms with Crippen molar-refractivity contribution in [3.8, 4) is 0 Å². The lowest BCUT2D eigenvalue weighted by molar-refractivity contribution is -0.153. The summed E-state index contributed by atoms with van der Waals surface area (Å²) in [5.74, 6) is -1.33. The molecular formula is C15H31NO6Si.